The van der Waals surface area contributed by atoms with Crippen molar-refractivity contribution in [2.24, 2.45) is 0 Å². The molecule has 1 amide bonds. The number of aromatic hydroxyl groups is 2. The van der Waals surface area contributed by atoms with Gasteiger partial charge in [-0.2, -0.15) is 0 Å². The Balaban J connectivity index is 1.35. The van der Waals surface area contributed by atoms with Crippen LogP contribution in [0.25, 0.3) is 0 Å². The minimum atomic E-state index is -0.338. The van der Waals surface area contributed by atoms with Crippen LogP contribution in [-0.2, 0) is 31.0 Å². The first-order chi connectivity index (χ1) is 16.4. The zero-order valence-corrected chi connectivity index (χ0v) is 19.1. The zero-order chi connectivity index (χ0) is 23.7. The number of carbonyl (C=O) groups is 1. The number of hydrogen-bond donors (Lipinski definition) is 3. The summed E-state index contributed by atoms with van der Waals surface area (Å²) in [4.78, 5) is 15.2. The molecule has 1 saturated heterocycles. The van der Waals surface area contributed by atoms with Crippen molar-refractivity contribution in [1.29, 1.82) is 0 Å². The van der Waals surface area contributed by atoms with Crippen molar-refractivity contribution in [1.82, 2.24) is 10.2 Å². The summed E-state index contributed by atoms with van der Waals surface area (Å²) < 4.78 is 11.2. The van der Waals surface area contributed by atoms with Crippen LogP contribution in [0.15, 0.2) is 60.7 Å². The second-order valence-corrected chi connectivity index (χ2v) is 9.24. The highest BCUT2D eigenvalue weighted by atomic mass is 16.5. The van der Waals surface area contributed by atoms with Crippen LogP contribution in [0.4, 0.5) is 0 Å². The summed E-state index contributed by atoms with van der Waals surface area (Å²) >= 11 is 0. The molecule has 2 aliphatic rings. The van der Waals surface area contributed by atoms with Gasteiger partial charge in [-0.1, -0.05) is 48.5 Å². The Hall–Kier alpha value is -3.55. The van der Waals surface area contributed by atoms with E-state index in [-0.39, 0.29) is 40.9 Å². The second kappa shape index (κ2) is 9.00. The van der Waals surface area contributed by atoms with E-state index >= 15 is 0 Å². The fourth-order valence-electron chi connectivity index (χ4n) is 4.43. The zero-order valence-electron chi connectivity index (χ0n) is 19.1. The molecule has 0 saturated carbocycles. The van der Waals surface area contributed by atoms with E-state index in [1.165, 1.54) is 12.1 Å². The number of rotatable bonds is 7. The first-order valence-corrected chi connectivity index (χ1v) is 11.4. The summed E-state index contributed by atoms with van der Waals surface area (Å²) in [7, 11) is 0. The molecule has 0 atom stereocenters. The van der Waals surface area contributed by atoms with Gasteiger partial charge in [-0.05, 0) is 29.2 Å². The normalized spacial score (nSPS) is 16.1. The maximum atomic E-state index is 13.5. The minimum absolute atomic E-state index is 0.0142. The van der Waals surface area contributed by atoms with Gasteiger partial charge in [0.2, 0.25) is 0 Å². The molecule has 0 bridgehead atoms. The van der Waals surface area contributed by atoms with E-state index in [0.29, 0.717) is 32.8 Å². The van der Waals surface area contributed by atoms with Gasteiger partial charge in [0.1, 0.15) is 29.4 Å². The highest BCUT2D eigenvalue weighted by Gasteiger charge is 2.34. The number of hydrogen-bond acceptors (Lipinski definition) is 6. The lowest BCUT2D eigenvalue weighted by molar-refractivity contribution is -0.0650. The molecule has 2 heterocycles. The standard InChI is InChI=1S/C27H28N2O5/c1-27(16-33-17-27)28-12-19-8-5-9-20-13-29(14-22(19)20)26(32)25-23(31)10-21(30)11-24(25)34-15-18-6-3-2-4-7-18/h2-11,28,30-31H,12-17H2,1H3. The van der Waals surface area contributed by atoms with Gasteiger partial charge in [-0.3, -0.25) is 4.79 Å². The number of phenolic OH excluding ortho intramolecular Hbond substituents is 2. The van der Waals surface area contributed by atoms with Crippen molar-refractivity contribution in [3.05, 3.63) is 88.5 Å². The van der Waals surface area contributed by atoms with E-state index in [4.69, 9.17) is 9.47 Å². The average molecular weight is 461 g/mol. The highest BCUT2D eigenvalue weighted by molar-refractivity contribution is 6.00. The Morgan fingerprint density at radius 2 is 1.88 bits per heavy atom. The molecule has 3 aromatic carbocycles. The monoisotopic (exact) mass is 460 g/mol. The molecule has 176 valence electrons. The van der Waals surface area contributed by atoms with Crippen molar-refractivity contribution < 1.29 is 24.5 Å². The van der Waals surface area contributed by atoms with E-state index in [9.17, 15) is 15.0 Å². The van der Waals surface area contributed by atoms with Gasteiger partial charge in [-0.15, -0.1) is 0 Å². The predicted octanol–water partition coefficient (Wildman–Crippen LogP) is 3.71. The molecule has 0 radical (unpaired) electrons. The molecule has 0 aromatic heterocycles. The number of nitrogens with one attached hydrogen (secondary N) is 1. The second-order valence-electron chi connectivity index (χ2n) is 9.24. The molecule has 34 heavy (non-hydrogen) atoms. The molecule has 7 heteroatoms. The predicted molar refractivity (Wildman–Crippen MR) is 127 cm³/mol. The van der Waals surface area contributed by atoms with E-state index in [1.54, 1.807) is 4.90 Å². The van der Waals surface area contributed by atoms with E-state index < -0.39 is 0 Å². The molecule has 0 unspecified atom stereocenters. The fraction of sp³-hybridized carbons (Fsp3) is 0.296. The lowest BCUT2D eigenvalue weighted by Crippen LogP contribution is -2.57. The summed E-state index contributed by atoms with van der Waals surface area (Å²) in [5.74, 6) is -0.649. The lowest BCUT2D eigenvalue weighted by atomic mass is 9.98. The van der Waals surface area contributed by atoms with Gasteiger partial charge in [0, 0.05) is 31.8 Å². The van der Waals surface area contributed by atoms with Gasteiger partial charge in [0.25, 0.3) is 5.91 Å². The summed E-state index contributed by atoms with van der Waals surface area (Å²) in [6, 6.07) is 18.2. The van der Waals surface area contributed by atoms with Gasteiger partial charge >= 0.3 is 0 Å². The van der Waals surface area contributed by atoms with Gasteiger partial charge < -0.3 is 29.9 Å². The van der Waals surface area contributed by atoms with E-state index in [1.807, 2.05) is 42.5 Å². The third-order valence-corrected chi connectivity index (χ3v) is 6.43. The minimum Gasteiger partial charge on any atom is -0.508 e. The Bertz CT molecular complexity index is 1210. The Kier molecular flexibility index (Phi) is 5.89. The van der Waals surface area contributed by atoms with Crippen LogP contribution in [0.1, 0.15) is 39.5 Å². The number of ether oxygens (including phenoxy) is 2. The molecule has 7 nitrogen and oxygen atoms in total. The largest absolute Gasteiger partial charge is 0.508 e. The van der Waals surface area contributed by atoms with E-state index in [0.717, 1.165) is 22.3 Å². The molecule has 0 aliphatic carbocycles. The summed E-state index contributed by atoms with van der Waals surface area (Å²) in [6.45, 7) is 5.32. The van der Waals surface area contributed by atoms with Crippen LogP contribution in [0, 0.1) is 0 Å². The molecule has 1 fully saturated rings. The van der Waals surface area contributed by atoms with Crippen LogP contribution >= 0.6 is 0 Å². The molecule has 0 spiro atoms. The number of benzene rings is 3. The first-order valence-electron chi connectivity index (χ1n) is 11.4. The fourth-order valence-corrected chi connectivity index (χ4v) is 4.43. The Labute approximate surface area is 198 Å². The third-order valence-electron chi connectivity index (χ3n) is 6.43. The lowest BCUT2D eigenvalue weighted by Gasteiger charge is -2.39. The molecular weight excluding hydrogens is 432 g/mol. The van der Waals surface area contributed by atoms with Gasteiger partial charge in [0.05, 0.1) is 18.8 Å². The number of nitrogens with zero attached hydrogens (tertiary/aromatic N) is 1. The molecule has 3 N–H and O–H groups in total. The number of amides is 1. The van der Waals surface area contributed by atoms with Crippen molar-refractivity contribution in [2.75, 3.05) is 13.2 Å². The summed E-state index contributed by atoms with van der Waals surface area (Å²) in [5, 5.41) is 24.1. The molecule has 3 aromatic rings. The maximum Gasteiger partial charge on any atom is 0.262 e. The van der Waals surface area contributed by atoms with Crippen molar-refractivity contribution in [3.63, 3.8) is 0 Å². The van der Waals surface area contributed by atoms with Crippen LogP contribution in [0.5, 0.6) is 17.2 Å². The Morgan fingerprint density at radius 3 is 2.62 bits per heavy atom. The maximum absolute atomic E-state index is 13.5. The first kappa shape index (κ1) is 22.3. The molecule has 5 rings (SSSR count). The topological polar surface area (TPSA) is 91.3 Å². The average Bonchev–Trinajstić information content (AvgIpc) is 3.25. The summed E-state index contributed by atoms with van der Waals surface area (Å²) in [5.41, 5.74) is 4.32. The van der Waals surface area contributed by atoms with Crippen molar-refractivity contribution >= 4 is 5.91 Å². The van der Waals surface area contributed by atoms with Crippen LogP contribution in [0.2, 0.25) is 0 Å². The quantitative estimate of drug-likeness (QED) is 0.498. The number of carbonyl (C=O) groups excluding carboxylic acids is 1. The SMILES string of the molecule is CC1(NCc2cccc3c2CN(C(=O)c2c(O)cc(O)cc2OCc2ccccc2)C3)COC1. The molecule has 2 aliphatic heterocycles. The van der Waals surface area contributed by atoms with Gasteiger partial charge in [-0.25, -0.2) is 0 Å². The number of phenols is 2. The third kappa shape index (κ3) is 4.44. The van der Waals surface area contributed by atoms with Crippen LogP contribution < -0.4 is 10.1 Å². The van der Waals surface area contributed by atoms with E-state index in [2.05, 4.69) is 18.3 Å². The van der Waals surface area contributed by atoms with Crippen LogP contribution in [0.3, 0.4) is 0 Å². The molecular formula is C27H28N2O5. The number of fused-ring (bicyclic) bond motifs is 1. The van der Waals surface area contributed by atoms with Gasteiger partial charge in [0.15, 0.2) is 0 Å². The smallest absolute Gasteiger partial charge is 0.262 e. The summed E-state index contributed by atoms with van der Waals surface area (Å²) in [6.07, 6.45) is 0. The Morgan fingerprint density at radius 1 is 1.09 bits per heavy atom. The highest BCUT2D eigenvalue weighted by Crippen LogP contribution is 2.37. The van der Waals surface area contributed by atoms with Crippen molar-refractivity contribution in [3.8, 4) is 17.2 Å². The van der Waals surface area contributed by atoms with Crippen LogP contribution in [-0.4, -0.2) is 39.8 Å². The van der Waals surface area contributed by atoms with Crippen molar-refractivity contribution in [2.45, 2.75) is 38.7 Å².